The number of carboxylic acids is 1. The Morgan fingerprint density at radius 2 is 2.16 bits per heavy atom. The van der Waals surface area contributed by atoms with Gasteiger partial charge in [0.2, 0.25) is 5.60 Å². The predicted octanol–water partition coefficient (Wildman–Crippen LogP) is 0.0339. The van der Waals surface area contributed by atoms with Crippen LogP contribution in [0.15, 0.2) is 18.5 Å². The van der Waals surface area contributed by atoms with Gasteiger partial charge in [-0.2, -0.15) is 10.4 Å². The van der Waals surface area contributed by atoms with Gasteiger partial charge in [-0.15, -0.1) is 0 Å². The fourth-order valence-electron chi connectivity index (χ4n) is 3.44. The second-order valence-electron chi connectivity index (χ2n) is 6.41. The summed E-state index contributed by atoms with van der Waals surface area (Å²) >= 11 is 0. The van der Waals surface area contributed by atoms with Gasteiger partial charge >= 0.3 is 5.97 Å². The first-order valence-electron chi connectivity index (χ1n) is 7.55. The van der Waals surface area contributed by atoms with Crippen LogP contribution in [0, 0.1) is 11.3 Å². The average molecular weight is 345 g/mol. The third-order valence-corrected chi connectivity index (χ3v) is 4.41. The first-order valence-corrected chi connectivity index (χ1v) is 7.55. The average Bonchev–Trinajstić information content (AvgIpc) is 3.18. The maximum atomic E-state index is 11.6. The lowest BCUT2D eigenvalue weighted by atomic mass is 9.92. The highest BCUT2D eigenvalue weighted by Gasteiger charge is 2.67. The third-order valence-electron chi connectivity index (χ3n) is 4.41. The molecule has 2 aliphatic rings. The van der Waals surface area contributed by atoms with Gasteiger partial charge in [0.25, 0.3) is 0 Å². The summed E-state index contributed by atoms with van der Waals surface area (Å²) in [5.41, 5.74) is 4.90. The molecule has 10 nitrogen and oxygen atoms in total. The van der Waals surface area contributed by atoms with Crippen LogP contribution in [0.1, 0.15) is 19.5 Å². The Bertz CT molecular complexity index is 919. The van der Waals surface area contributed by atoms with Crippen molar-refractivity contribution in [2.75, 3.05) is 5.73 Å². The second kappa shape index (κ2) is 4.89. The predicted molar refractivity (Wildman–Crippen MR) is 81.0 cm³/mol. The number of hydrogen-bond acceptors (Lipinski definition) is 8. The van der Waals surface area contributed by atoms with Crippen molar-refractivity contribution in [3.8, 4) is 6.07 Å². The molecule has 2 aromatic rings. The Morgan fingerprint density at radius 3 is 2.84 bits per heavy atom. The molecule has 25 heavy (non-hydrogen) atoms. The number of nitrogens with zero attached hydrogens (tertiary/aromatic N) is 4. The Labute approximate surface area is 141 Å². The Hall–Kier alpha value is -2.74. The van der Waals surface area contributed by atoms with Crippen LogP contribution in [0.2, 0.25) is 0 Å². The van der Waals surface area contributed by atoms with Gasteiger partial charge in [0, 0.05) is 0 Å². The van der Waals surface area contributed by atoms with Crippen LogP contribution >= 0.6 is 0 Å². The number of nitrogen functional groups attached to an aromatic ring is 1. The third kappa shape index (κ3) is 2.03. The highest BCUT2D eigenvalue weighted by Crippen LogP contribution is 2.49. The second-order valence-corrected chi connectivity index (χ2v) is 6.41. The molecule has 4 atom stereocenters. The highest BCUT2D eigenvalue weighted by molar-refractivity contribution is 5.74. The molecule has 0 radical (unpaired) electrons. The SMILES string of the molecule is CC1(C)O[C@@H]2[C@@H](C(=O)O)O[C@@](C#N)(c3ccc4c(N)ncnn34)[C@@H]2O1. The van der Waals surface area contributed by atoms with Crippen molar-refractivity contribution in [1.82, 2.24) is 14.6 Å². The summed E-state index contributed by atoms with van der Waals surface area (Å²) in [5, 5.41) is 23.5. The first-order chi connectivity index (χ1) is 11.8. The highest BCUT2D eigenvalue weighted by atomic mass is 16.8. The number of hydrogen-bond donors (Lipinski definition) is 2. The largest absolute Gasteiger partial charge is 0.479 e. The zero-order valence-electron chi connectivity index (χ0n) is 13.4. The summed E-state index contributed by atoms with van der Waals surface area (Å²) in [6, 6.07) is 5.31. The minimum atomic E-state index is -1.71. The summed E-state index contributed by atoms with van der Waals surface area (Å²) in [6.45, 7) is 3.31. The van der Waals surface area contributed by atoms with Crippen LogP contribution in [-0.2, 0) is 24.6 Å². The molecule has 0 aromatic carbocycles. The molecule has 0 bridgehead atoms. The van der Waals surface area contributed by atoms with Crippen molar-refractivity contribution in [3.05, 3.63) is 24.2 Å². The molecule has 0 saturated carbocycles. The molecule has 2 aromatic heterocycles. The monoisotopic (exact) mass is 345 g/mol. The van der Waals surface area contributed by atoms with E-state index in [2.05, 4.69) is 16.2 Å². The fourth-order valence-corrected chi connectivity index (χ4v) is 3.44. The summed E-state index contributed by atoms with van der Waals surface area (Å²) in [4.78, 5) is 15.5. The van der Waals surface area contributed by atoms with Crippen LogP contribution in [0.5, 0.6) is 0 Å². The maximum Gasteiger partial charge on any atom is 0.335 e. The van der Waals surface area contributed by atoms with Gasteiger partial charge in [-0.3, -0.25) is 0 Å². The van der Waals surface area contributed by atoms with E-state index in [1.54, 1.807) is 26.0 Å². The minimum absolute atomic E-state index is 0.225. The molecule has 130 valence electrons. The zero-order valence-corrected chi connectivity index (χ0v) is 13.4. The summed E-state index contributed by atoms with van der Waals surface area (Å²) in [7, 11) is 0. The number of aromatic nitrogens is 3. The number of carboxylic acid groups (broad SMARTS) is 1. The number of nitrogens with two attached hydrogens (primary N) is 1. The number of ether oxygens (including phenoxy) is 3. The first kappa shape index (κ1) is 15.8. The molecule has 2 saturated heterocycles. The zero-order chi connectivity index (χ0) is 18.0. The van der Waals surface area contributed by atoms with Crippen molar-refractivity contribution in [3.63, 3.8) is 0 Å². The van der Waals surface area contributed by atoms with Gasteiger partial charge in [0.1, 0.15) is 30.1 Å². The quantitative estimate of drug-likeness (QED) is 0.770. The van der Waals surface area contributed by atoms with Gasteiger partial charge in [0.05, 0.1) is 5.69 Å². The van der Waals surface area contributed by atoms with Crippen LogP contribution in [-0.4, -0.2) is 49.8 Å². The smallest absolute Gasteiger partial charge is 0.335 e. The molecule has 0 amide bonds. The molecule has 0 unspecified atom stereocenters. The van der Waals surface area contributed by atoms with Crippen LogP contribution < -0.4 is 5.73 Å². The van der Waals surface area contributed by atoms with Crippen molar-refractivity contribution in [2.45, 2.75) is 43.5 Å². The van der Waals surface area contributed by atoms with Crippen LogP contribution in [0.3, 0.4) is 0 Å². The van der Waals surface area contributed by atoms with Crippen molar-refractivity contribution in [1.29, 1.82) is 5.26 Å². The number of carbonyl (C=O) groups is 1. The van der Waals surface area contributed by atoms with Gasteiger partial charge < -0.3 is 25.1 Å². The van der Waals surface area contributed by atoms with Crippen molar-refractivity contribution < 1.29 is 24.1 Å². The molecule has 3 N–H and O–H groups in total. The van der Waals surface area contributed by atoms with E-state index in [4.69, 9.17) is 19.9 Å². The van der Waals surface area contributed by atoms with Crippen LogP contribution in [0.4, 0.5) is 5.82 Å². The summed E-state index contributed by atoms with van der Waals surface area (Å²) in [6.07, 6.45) is -1.98. The molecule has 4 rings (SSSR count). The molecule has 0 spiro atoms. The van der Waals surface area contributed by atoms with Gasteiger partial charge in [0.15, 0.2) is 17.7 Å². The number of fused-ring (bicyclic) bond motifs is 2. The number of anilines is 1. The number of nitriles is 1. The fraction of sp³-hybridized carbons (Fsp3) is 0.467. The van der Waals surface area contributed by atoms with Gasteiger partial charge in [-0.25, -0.2) is 14.3 Å². The van der Waals surface area contributed by atoms with E-state index in [1.165, 1.54) is 10.8 Å². The Morgan fingerprint density at radius 1 is 1.40 bits per heavy atom. The maximum absolute atomic E-state index is 11.6. The normalized spacial score (nSPS) is 33.2. The summed E-state index contributed by atoms with van der Waals surface area (Å²) < 4.78 is 18.6. The lowest BCUT2D eigenvalue weighted by Crippen LogP contribution is -2.40. The molecule has 4 heterocycles. The van der Waals surface area contributed by atoms with Crippen molar-refractivity contribution >= 4 is 17.3 Å². The topological polar surface area (TPSA) is 145 Å². The number of rotatable bonds is 2. The molecule has 0 aliphatic carbocycles. The van der Waals surface area contributed by atoms with E-state index in [1.807, 2.05) is 0 Å². The standard InChI is InChI=1S/C15H15N5O5/c1-14(2)23-9-10(13(21)22)24-15(5-16,11(9)25-14)8-4-3-7-12(17)18-6-19-20(7)8/h3-4,6,9-11H,1-2H3,(H,21,22)(H2,17,18,19)/t9-,10+,11-,15+/m1/s1. The lowest BCUT2D eigenvalue weighted by molar-refractivity contribution is -0.206. The molecular formula is C15H15N5O5. The van der Waals surface area contributed by atoms with E-state index in [0.717, 1.165) is 0 Å². The van der Waals surface area contributed by atoms with Gasteiger partial charge in [-0.1, -0.05) is 0 Å². The molecule has 2 aliphatic heterocycles. The van der Waals surface area contributed by atoms with E-state index in [0.29, 0.717) is 11.2 Å². The van der Waals surface area contributed by atoms with E-state index in [9.17, 15) is 15.2 Å². The lowest BCUT2D eigenvalue weighted by Gasteiger charge is -2.28. The van der Waals surface area contributed by atoms with Crippen molar-refractivity contribution in [2.24, 2.45) is 0 Å². The van der Waals surface area contributed by atoms with Crippen LogP contribution in [0.25, 0.3) is 5.52 Å². The Balaban J connectivity index is 1.92. The summed E-state index contributed by atoms with van der Waals surface area (Å²) in [5.74, 6) is -2.05. The van der Waals surface area contributed by atoms with E-state index >= 15 is 0 Å². The molecule has 2 fully saturated rings. The number of aliphatic carboxylic acids is 1. The Kier molecular flexibility index (Phi) is 3.08. The van der Waals surface area contributed by atoms with Gasteiger partial charge in [-0.05, 0) is 26.0 Å². The van der Waals surface area contributed by atoms with E-state index < -0.39 is 35.7 Å². The molecular weight excluding hydrogens is 330 g/mol. The minimum Gasteiger partial charge on any atom is -0.479 e. The molecule has 10 heteroatoms. The van der Waals surface area contributed by atoms with E-state index in [-0.39, 0.29) is 5.82 Å².